The fourth-order valence-corrected chi connectivity index (χ4v) is 2.63. The maximum atomic E-state index is 3.69. The summed E-state index contributed by atoms with van der Waals surface area (Å²) in [4.78, 5) is 2.73. The summed E-state index contributed by atoms with van der Waals surface area (Å²) in [6.07, 6.45) is 6.94. The molecular formula is C13H26N2. The van der Waals surface area contributed by atoms with Crippen LogP contribution in [-0.4, -0.2) is 36.6 Å². The first kappa shape index (κ1) is 11.4. The van der Waals surface area contributed by atoms with Crippen LogP contribution in [0, 0.1) is 5.92 Å². The van der Waals surface area contributed by atoms with Crippen LogP contribution in [0.25, 0.3) is 0 Å². The third-order valence-electron chi connectivity index (χ3n) is 3.90. The van der Waals surface area contributed by atoms with E-state index in [1.165, 1.54) is 51.7 Å². The van der Waals surface area contributed by atoms with Gasteiger partial charge in [0, 0.05) is 25.2 Å². The number of rotatable bonds is 4. The summed E-state index contributed by atoms with van der Waals surface area (Å²) in [6, 6.07) is 1.54. The standard InChI is InChI=1S/C13H26N2/c1-3-4-13-10-15(9-12-5-6-12)11(2)7-8-14-13/h11-14H,3-10H2,1-2H3. The molecule has 88 valence electrons. The fraction of sp³-hybridized carbons (Fsp3) is 1.00. The molecule has 0 amide bonds. The van der Waals surface area contributed by atoms with Gasteiger partial charge in [-0.1, -0.05) is 13.3 Å². The Labute approximate surface area is 94.4 Å². The van der Waals surface area contributed by atoms with Crippen molar-refractivity contribution < 1.29 is 0 Å². The summed E-state index contributed by atoms with van der Waals surface area (Å²) in [7, 11) is 0. The number of nitrogens with one attached hydrogen (secondary N) is 1. The van der Waals surface area contributed by atoms with Crippen molar-refractivity contribution in [2.24, 2.45) is 5.92 Å². The molecule has 2 atom stereocenters. The molecule has 1 N–H and O–H groups in total. The second kappa shape index (κ2) is 5.31. The largest absolute Gasteiger partial charge is 0.313 e. The van der Waals surface area contributed by atoms with Gasteiger partial charge >= 0.3 is 0 Å². The van der Waals surface area contributed by atoms with E-state index in [9.17, 15) is 0 Å². The number of hydrogen-bond donors (Lipinski definition) is 1. The summed E-state index contributed by atoms with van der Waals surface area (Å²) < 4.78 is 0. The lowest BCUT2D eigenvalue weighted by Crippen LogP contribution is -2.41. The number of nitrogens with zero attached hydrogens (tertiary/aromatic N) is 1. The van der Waals surface area contributed by atoms with Gasteiger partial charge in [0.05, 0.1) is 0 Å². The lowest BCUT2D eigenvalue weighted by Gasteiger charge is -2.29. The first-order chi connectivity index (χ1) is 7.29. The van der Waals surface area contributed by atoms with E-state index in [1.807, 2.05) is 0 Å². The molecule has 1 aliphatic carbocycles. The molecule has 1 aliphatic heterocycles. The zero-order valence-corrected chi connectivity index (χ0v) is 10.3. The zero-order valence-electron chi connectivity index (χ0n) is 10.3. The first-order valence-corrected chi connectivity index (χ1v) is 6.77. The van der Waals surface area contributed by atoms with E-state index in [2.05, 4.69) is 24.1 Å². The van der Waals surface area contributed by atoms with E-state index >= 15 is 0 Å². The molecule has 0 aromatic rings. The van der Waals surface area contributed by atoms with Crippen molar-refractivity contribution in [1.29, 1.82) is 0 Å². The molecule has 2 nitrogen and oxygen atoms in total. The molecule has 1 heterocycles. The molecule has 15 heavy (non-hydrogen) atoms. The monoisotopic (exact) mass is 210 g/mol. The topological polar surface area (TPSA) is 15.3 Å². The van der Waals surface area contributed by atoms with Gasteiger partial charge in [-0.25, -0.2) is 0 Å². The minimum Gasteiger partial charge on any atom is -0.313 e. The zero-order chi connectivity index (χ0) is 10.7. The average Bonchev–Trinajstić information content (AvgIpc) is 3.00. The highest BCUT2D eigenvalue weighted by Crippen LogP contribution is 2.31. The third-order valence-corrected chi connectivity index (χ3v) is 3.90. The second-order valence-electron chi connectivity index (χ2n) is 5.47. The molecule has 0 spiro atoms. The van der Waals surface area contributed by atoms with Crippen LogP contribution in [0.5, 0.6) is 0 Å². The Balaban J connectivity index is 1.85. The van der Waals surface area contributed by atoms with Crippen LogP contribution in [0.3, 0.4) is 0 Å². The molecule has 1 saturated carbocycles. The molecule has 0 radical (unpaired) electrons. The highest BCUT2D eigenvalue weighted by molar-refractivity contribution is 4.85. The maximum absolute atomic E-state index is 3.69. The van der Waals surface area contributed by atoms with E-state index in [-0.39, 0.29) is 0 Å². The van der Waals surface area contributed by atoms with Gasteiger partial charge in [0.1, 0.15) is 0 Å². The highest BCUT2D eigenvalue weighted by atomic mass is 15.2. The van der Waals surface area contributed by atoms with Gasteiger partial charge < -0.3 is 5.32 Å². The van der Waals surface area contributed by atoms with Crippen molar-refractivity contribution in [1.82, 2.24) is 10.2 Å². The normalized spacial score (nSPS) is 34.0. The molecular weight excluding hydrogens is 184 g/mol. The summed E-state index contributed by atoms with van der Waals surface area (Å²) >= 11 is 0. The van der Waals surface area contributed by atoms with Crippen molar-refractivity contribution in [3.05, 3.63) is 0 Å². The van der Waals surface area contributed by atoms with E-state index in [4.69, 9.17) is 0 Å². The van der Waals surface area contributed by atoms with Gasteiger partial charge in [0.2, 0.25) is 0 Å². The minimum atomic E-state index is 0.749. The van der Waals surface area contributed by atoms with Crippen molar-refractivity contribution in [2.75, 3.05) is 19.6 Å². The van der Waals surface area contributed by atoms with E-state index in [0.717, 1.165) is 18.0 Å². The van der Waals surface area contributed by atoms with Gasteiger partial charge in [-0.3, -0.25) is 4.90 Å². The van der Waals surface area contributed by atoms with Crippen molar-refractivity contribution in [3.8, 4) is 0 Å². The molecule has 2 unspecified atom stereocenters. The maximum Gasteiger partial charge on any atom is 0.0195 e. The molecule has 2 heteroatoms. The Morgan fingerprint density at radius 2 is 2.07 bits per heavy atom. The minimum absolute atomic E-state index is 0.749. The summed E-state index contributed by atoms with van der Waals surface area (Å²) in [5, 5.41) is 3.69. The van der Waals surface area contributed by atoms with Gasteiger partial charge in [-0.15, -0.1) is 0 Å². The van der Waals surface area contributed by atoms with Crippen LogP contribution in [0.15, 0.2) is 0 Å². The van der Waals surface area contributed by atoms with Gasteiger partial charge in [0.25, 0.3) is 0 Å². The molecule has 0 aromatic carbocycles. The molecule has 0 aromatic heterocycles. The average molecular weight is 210 g/mol. The lowest BCUT2D eigenvalue weighted by molar-refractivity contribution is 0.193. The third kappa shape index (κ3) is 3.46. The van der Waals surface area contributed by atoms with Crippen LogP contribution in [0.4, 0.5) is 0 Å². The smallest absolute Gasteiger partial charge is 0.0195 e. The van der Waals surface area contributed by atoms with Crippen molar-refractivity contribution in [2.45, 2.75) is 58.0 Å². The van der Waals surface area contributed by atoms with E-state index < -0.39 is 0 Å². The molecule has 2 fully saturated rings. The Bertz CT molecular complexity index is 189. The summed E-state index contributed by atoms with van der Waals surface area (Å²) in [5.74, 6) is 1.04. The van der Waals surface area contributed by atoms with Crippen LogP contribution in [-0.2, 0) is 0 Å². The summed E-state index contributed by atoms with van der Waals surface area (Å²) in [5.41, 5.74) is 0. The molecule has 0 bridgehead atoms. The van der Waals surface area contributed by atoms with Crippen LogP contribution >= 0.6 is 0 Å². The summed E-state index contributed by atoms with van der Waals surface area (Å²) in [6.45, 7) is 8.56. The quantitative estimate of drug-likeness (QED) is 0.765. The molecule has 2 aliphatic rings. The SMILES string of the molecule is CCCC1CN(CC2CC2)C(C)CCN1. The van der Waals surface area contributed by atoms with Gasteiger partial charge in [-0.05, 0) is 45.1 Å². The first-order valence-electron chi connectivity index (χ1n) is 6.77. The van der Waals surface area contributed by atoms with Gasteiger partial charge in [0.15, 0.2) is 0 Å². The van der Waals surface area contributed by atoms with Crippen LogP contribution in [0.1, 0.15) is 46.0 Å². The number of hydrogen-bond acceptors (Lipinski definition) is 2. The molecule has 1 saturated heterocycles. The van der Waals surface area contributed by atoms with E-state index in [0.29, 0.717) is 0 Å². The Morgan fingerprint density at radius 1 is 1.27 bits per heavy atom. The Morgan fingerprint density at radius 3 is 2.73 bits per heavy atom. The predicted octanol–water partition coefficient (Wildman–Crippen LogP) is 2.25. The van der Waals surface area contributed by atoms with Crippen molar-refractivity contribution >= 4 is 0 Å². The highest BCUT2D eigenvalue weighted by Gasteiger charge is 2.29. The Hall–Kier alpha value is -0.0800. The van der Waals surface area contributed by atoms with Crippen molar-refractivity contribution in [3.63, 3.8) is 0 Å². The van der Waals surface area contributed by atoms with Crippen LogP contribution in [0.2, 0.25) is 0 Å². The van der Waals surface area contributed by atoms with Gasteiger partial charge in [-0.2, -0.15) is 0 Å². The predicted molar refractivity (Wildman–Crippen MR) is 65.1 cm³/mol. The second-order valence-corrected chi connectivity index (χ2v) is 5.47. The molecule has 2 rings (SSSR count). The lowest BCUT2D eigenvalue weighted by atomic mass is 10.1. The fourth-order valence-electron chi connectivity index (χ4n) is 2.63. The van der Waals surface area contributed by atoms with Crippen LogP contribution < -0.4 is 5.32 Å². The Kier molecular flexibility index (Phi) is 4.04. The van der Waals surface area contributed by atoms with E-state index in [1.54, 1.807) is 0 Å².